The Morgan fingerprint density at radius 1 is 1.67 bits per heavy atom. The largest absolute Gasteiger partial charge is 0.344 e. The molecule has 0 saturated carbocycles. The predicted octanol–water partition coefficient (Wildman–Crippen LogP) is 2.73. The highest BCUT2D eigenvalue weighted by atomic mass is 15.0. The third-order valence-corrected chi connectivity index (χ3v) is 1.65. The van der Waals surface area contributed by atoms with E-state index in [0.29, 0.717) is 0 Å². The maximum atomic E-state index is 4.16. The number of nitrogens with zero attached hydrogens (tertiary/aromatic N) is 1. The summed E-state index contributed by atoms with van der Waals surface area (Å²) in [5.41, 5.74) is 2.20. The van der Waals surface area contributed by atoms with Crippen LogP contribution in [0.5, 0.6) is 0 Å². The van der Waals surface area contributed by atoms with Gasteiger partial charge in [-0.1, -0.05) is 13.5 Å². The summed E-state index contributed by atoms with van der Waals surface area (Å²) >= 11 is 0. The molecule has 0 unspecified atom stereocenters. The molecule has 1 aromatic rings. The molecule has 1 aromatic heterocycles. The van der Waals surface area contributed by atoms with Crippen LogP contribution in [0.3, 0.4) is 0 Å². The standard InChI is InChI=1S/C10H14N2/c1-4-9(3)12-10-7-8(2)5-6-11-10/h5-7H,3-4H2,1-2H3,(H,11,12). The number of aromatic nitrogens is 1. The van der Waals surface area contributed by atoms with Gasteiger partial charge in [-0.3, -0.25) is 0 Å². The Hall–Kier alpha value is -1.31. The normalized spacial score (nSPS) is 9.50. The van der Waals surface area contributed by atoms with Crippen molar-refractivity contribution in [2.75, 3.05) is 5.32 Å². The first-order valence-corrected chi connectivity index (χ1v) is 4.10. The van der Waals surface area contributed by atoms with Gasteiger partial charge in [-0.15, -0.1) is 0 Å². The minimum Gasteiger partial charge on any atom is -0.344 e. The van der Waals surface area contributed by atoms with E-state index < -0.39 is 0 Å². The Kier molecular flexibility index (Phi) is 2.86. The first-order valence-electron chi connectivity index (χ1n) is 4.10. The number of hydrogen-bond acceptors (Lipinski definition) is 2. The van der Waals surface area contributed by atoms with Gasteiger partial charge in [0.25, 0.3) is 0 Å². The number of rotatable bonds is 3. The molecule has 0 atom stereocenters. The summed E-state index contributed by atoms with van der Waals surface area (Å²) in [6.07, 6.45) is 2.72. The molecule has 0 radical (unpaired) electrons. The van der Waals surface area contributed by atoms with E-state index >= 15 is 0 Å². The van der Waals surface area contributed by atoms with E-state index in [9.17, 15) is 0 Å². The van der Waals surface area contributed by atoms with Crippen molar-refractivity contribution in [3.8, 4) is 0 Å². The molecule has 2 nitrogen and oxygen atoms in total. The van der Waals surface area contributed by atoms with Gasteiger partial charge in [0.05, 0.1) is 0 Å². The number of nitrogens with one attached hydrogen (secondary N) is 1. The van der Waals surface area contributed by atoms with Crippen LogP contribution >= 0.6 is 0 Å². The molecule has 0 aliphatic rings. The summed E-state index contributed by atoms with van der Waals surface area (Å²) in [4.78, 5) is 4.16. The van der Waals surface area contributed by atoms with Gasteiger partial charge in [0, 0.05) is 11.9 Å². The lowest BCUT2D eigenvalue weighted by Crippen LogP contribution is -1.98. The molecule has 0 aliphatic carbocycles. The second-order valence-corrected chi connectivity index (χ2v) is 2.80. The molecular weight excluding hydrogens is 148 g/mol. The SMILES string of the molecule is C=C(CC)Nc1cc(C)ccn1. The summed E-state index contributed by atoms with van der Waals surface area (Å²) in [6, 6.07) is 3.97. The Morgan fingerprint density at radius 3 is 3.00 bits per heavy atom. The molecule has 1 heterocycles. The highest BCUT2D eigenvalue weighted by molar-refractivity contribution is 5.41. The number of aryl methyl sites for hydroxylation is 1. The highest BCUT2D eigenvalue weighted by Crippen LogP contribution is 2.08. The molecule has 0 aromatic carbocycles. The average Bonchev–Trinajstić information content (AvgIpc) is 2.04. The summed E-state index contributed by atoms with van der Waals surface area (Å²) < 4.78 is 0. The maximum Gasteiger partial charge on any atom is 0.130 e. The van der Waals surface area contributed by atoms with Crippen LogP contribution < -0.4 is 5.32 Å². The average molecular weight is 162 g/mol. The molecule has 1 N–H and O–H groups in total. The maximum absolute atomic E-state index is 4.16. The van der Waals surface area contributed by atoms with E-state index in [-0.39, 0.29) is 0 Å². The minimum atomic E-state index is 0.877. The van der Waals surface area contributed by atoms with Crippen molar-refractivity contribution in [2.45, 2.75) is 20.3 Å². The Balaban J connectivity index is 2.69. The van der Waals surface area contributed by atoms with E-state index in [1.54, 1.807) is 6.20 Å². The molecule has 64 valence electrons. The highest BCUT2D eigenvalue weighted by Gasteiger charge is 1.93. The predicted molar refractivity (Wildman–Crippen MR) is 52.0 cm³/mol. The zero-order valence-corrected chi connectivity index (χ0v) is 7.59. The van der Waals surface area contributed by atoms with E-state index in [2.05, 4.69) is 23.8 Å². The molecule has 0 spiro atoms. The summed E-state index contributed by atoms with van der Waals surface area (Å²) in [5.74, 6) is 0.877. The van der Waals surface area contributed by atoms with Crippen LogP contribution in [-0.4, -0.2) is 4.98 Å². The van der Waals surface area contributed by atoms with Gasteiger partial charge in [-0.2, -0.15) is 0 Å². The zero-order valence-electron chi connectivity index (χ0n) is 7.59. The first-order chi connectivity index (χ1) is 5.72. The van der Waals surface area contributed by atoms with Crippen molar-refractivity contribution < 1.29 is 0 Å². The number of hydrogen-bond donors (Lipinski definition) is 1. The second-order valence-electron chi connectivity index (χ2n) is 2.80. The van der Waals surface area contributed by atoms with Crippen molar-refractivity contribution >= 4 is 5.82 Å². The van der Waals surface area contributed by atoms with Crippen molar-refractivity contribution in [3.63, 3.8) is 0 Å². The van der Waals surface area contributed by atoms with Gasteiger partial charge in [-0.05, 0) is 31.0 Å². The quantitative estimate of drug-likeness (QED) is 0.739. The Labute approximate surface area is 73.3 Å². The molecule has 0 bridgehead atoms. The van der Waals surface area contributed by atoms with Crippen molar-refractivity contribution in [2.24, 2.45) is 0 Å². The van der Waals surface area contributed by atoms with Crippen LogP contribution in [0.15, 0.2) is 30.6 Å². The van der Waals surface area contributed by atoms with Crippen molar-refractivity contribution in [1.82, 2.24) is 4.98 Å². The monoisotopic (exact) mass is 162 g/mol. The van der Waals surface area contributed by atoms with Gasteiger partial charge in [-0.25, -0.2) is 4.98 Å². The fourth-order valence-electron chi connectivity index (χ4n) is 0.874. The van der Waals surface area contributed by atoms with E-state index in [1.807, 2.05) is 19.1 Å². The topological polar surface area (TPSA) is 24.9 Å². The number of allylic oxidation sites excluding steroid dienone is 1. The first kappa shape index (κ1) is 8.78. The second kappa shape index (κ2) is 3.90. The van der Waals surface area contributed by atoms with Crippen molar-refractivity contribution in [1.29, 1.82) is 0 Å². The fourth-order valence-corrected chi connectivity index (χ4v) is 0.874. The third-order valence-electron chi connectivity index (χ3n) is 1.65. The molecular formula is C10H14N2. The molecule has 1 rings (SSSR count). The van der Waals surface area contributed by atoms with Crippen molar-refractivity contribution in [3.05, 3.63) is 36.2 Å². The number of anilines is 1. The summed E-state index contributed by atoms with van der Waals surface area (Å²) in [6.45, 7) is 7.95. The molecule has 2 heteroatoms. The Morgan fingerprint density at radius 2 is 2.42 bits per heavy atom. The van der Waals surface area contributed by atoms with Crippen LogP contribution in [0.4, 0.5) is 5.82 Å². The van der Waals surface area contributed by atoms with E-state index in [4.69, 9.17) is 0 Å². The van der Waals surface area contributed by atoms with Crippen LogP contribution in [0.25, 0.3) is 0 Å². The molecule has 0 fully saturated rings. The minimum absolute atomic E-state index is 0.877. The summed E-state index contributed by atoms with van der Waals surface area (Å²) in [5, 5.41) is 3.13. The lowest BCUT2D eigenvalue weighted by Gasteiger charge is -2.05. The summed E-state index contributed by atoms with van der Waals surface area (Å²) in [7, 11) is 0. The zero-order chi connectivity index (χ0) is 8.97. The van der Waals surface area contributed by atoms with Gasteiger partial charge >= 0.3 is 0 Å². The molecule has 12 heavy (non-hydrogen) atoms. The van der Waals surface area contributed by atoms with Gasteiger partial charge in [0.2, 0.25) is 0 Å². The van der Waals surface area contributed by atoms with E-state index in [0.717, 1.165) is 17.9 Å². The number of pyridine rings is 1. The lowest BCUT2D eigenvalue weighted by atomic mass is 10.3. The Bertz CT molecular complexity index is 279. The van der Waals surface area contributed by atoms with Crippen LogP contribution in [0, 0.1) is 6.92 Å². The van der Waals surface area contributed by atoms with Crippen LogP contribution in [0.1, 0.15) is 18.9 Å². The van der Waals surface area contributed by atoms with Gasteiger partial charge in [0.15, 0.2) is 0 Å². The van der Waals surface area contributed by atoms with Crippen LogP contribution in [0.2, 0.25) is 0 Å². The van der Waals surface area contributed by atoms with Crippen LogP contribution in [-0.2, 0) is 0 Å². The smallest absolute Gasteiger partial charge is 0.130 e. The molecule has 0 aliphatic heterocycles. The van der Waals surface area contributed by atoms with E-state index in [1.165, 1.54) is 5.56 Å². The third kappa shape index (κ3) is 2.38. The van der Waals surface area contributed by atoms with Gasteiger partial charge in [0.1, 0.15) is 5.82 Å². The molecule has 0 amide bonds. The van der Waals surface area contributed by atoms with Gasteiger partial charge < -0.3 is 5.32 Å². The fraction of sp³-hybridized carbons (Fsp3) is 0.300. The lowest BCUT2D eigenvalue weighted by molar-refractivity contribution is 1.10. The molecule has 0 saturated heterocycles.